The number of rotatable bonds is 2. The van der Waals surface area contributed by atoms with E-state index in [2.05, 4.69) is 4.72 Å². The third-order valence-corrected chi connectivity index (χ3v) is 2.56. The molecule has 0 amide bonds. The van der Waals surface area contributed by atoms with Crippen molar-refractivity contribution in [2.75, 3.05) is 0 Å². The molecule has 0 saturated carbocycles. The van der Waals surface area contributed by atoms with E-state index >= 15 is 0 Å². The van der Waals surface area contributed by atoms with Crippen LogP contribution in [0.1, 0.15) is 5.56 Å². The number of benzene rings is 1. The minimum Gasteiger partial charge on any atom is -0.569 e. The molecular weight excluding hydrogens is 238 g/mol. The monoisotopic (exact) mass is 245 g/mol. The minimum atomic E-state index is -5.44. The van der Waals surface area contributed by atoms with Gasteiger partial charge in [0.05, 0.1) is 0 Å². The first-order valence-electron chi connectivity index (χ1n) is 3.83. The number of alkyl halides is 3. The van der Waals surface area contributed by atoms with Gasteiger partial charge in [0, 0.05) is 0 Å². The molecule has 16 heavy (non-hydrogen) atoms. The zero-order valence-corrected chi connectivity index (χ0v) is 9.43. The van der Waals surface area contributed by atoms with Gasteiger partial charge in [0.15, 0.2) is 10.0 Å². The number of halogens is 3. The molecule has 0 aromatic heterocycles. The molecular formula is C8H7F3LiNO2S. The molecule has 0 atom stereocenters. The Morgan fingerprint density at radius 3 is 2.25 bits per heavy atom. The predicted octanol–water partition coefficient (Wildman–Crippen LogP) is -0.146. The van der Waals surface area contributed by atoms with Crippen molar-refractivity contribution in [2.24, 2.45) is 0 Å². The maximum atomic E-state index is 11.9. The van der Waals surface area contributed by atoms with Crippen molar-refractivity contribution in [2.45, 2.75) is 12.4 Å². The van der Waals surface area contributed by atoms with Crippen LogP contribution in [0.3, 0.4) is 0 Å². The van der Waals surface area contributed by atoms with Gasteiger partial charge in [-0.05, 0) is 6.92 Å². The summed E-state index contributed by atoms with van der Waals surface area (Å²) < 4.78 is 59.8. The van der Waals surface area contributed by atoms with Crippen LogP contribution in [-0.2, 0) is 10.0 Å². The van der Waals surface area contributed by atoms with Gasteiger partial charge in [0.25, 0.3) is 0 Å². The van der Waals surface area contributed by atoms with Crippen molar-refractivity contribution in [1.82, 2.24) is 0 Å². The van der Waals surface area contributed by atoms with Crippen LogP contribution in [0, 0.1) is 6.92 Å². The van der Waals surface area contributed by atoms with Crippen molar-refractivity contribution >= 4 is 15.7 Å². The molecule has 0 bridgehead atoms. The Kier molecular flexibility index (Phi) is 4.92. The fraction of sp³-hybridized carbons (Fsp3) is 0.250. The van der Waals surface area contributed by atoms with Crippen LogP contribution < -0.4 is 18.9 Å². The third kappa shape index (κ3) is 3.74. The Morgan fingerprint density at radius 1 is 1.25 bits per heavy atom. The summed E-state index contributed by atoms with van der Waals surface area (Å²) in [6, 6.07) is 5.50. The van der Waals surface area contributed by atoms with E-state index in [-0.39, 0.29) is 24.5 Å². The predicted molar refractivity (Wildman–Crippen MR) is 49.2 cm³/mol. The van der Waals surface area contributed by atoms with Crippen LogP contribution in [0.5, 0.6) is 0 Å². The maximum absolute atomic E-state index is 11.9. The van der Waals surface area contributed by atoms with Gasteiger partial charge in [-0.2, -0.15) is 13.2 Å². The second-order valence-electron chi connectivity index (χ2n) is 2.85. The Bertz CT molecular complexity index is 459. The first kappa shape index (κ1) is 15.4. The summed E-state index contributed by atoms with van der Waals surface area (Å²) in [6.45, 7) is 1.62. The number of aryl methyl sites for hydroxylation is 1. The summed E-state index contributed by atoms with van der Waals surface area (Å²) in [5.41, 5.74) is -4.95. The standard InChI is InChI=1S/C8H7F3NO2S.Li/c1-6-3-2-4-7(5-6)12-15(13,14)8(9,10)11;/h2-5H,1H3;/q-1;+1. The van der Waals surface area contributed by atoms with Crippen LogP contribution in [0.25, 0.3) is 4.72 Å². The molecule has 0 radical (unpaired) electrons. The van der Waals surface area contributed by atoms with Gasteiger partial charge in [-0.3, -0.25) is 0 Å². The molecule has 0 aliphatic rings. The van der Waals surface area contributed by atoms with E-state index in [0.717, 1.165) is 0 Å². The van der Waals surface area contributed by atoms with E-state index in [1.807, 2.05) is 0 Å². The van der Waals surface area contributed by atoms with E-state index in [9.17, 15) is 21.6 Å². The molecule has 3 nitrogen and oxygen atoms in total. The molecule has 0 fully saturated rings. The SMILES string of the molecule is Cc1cccc([N-]S(=O)(=O)C(F)(F)F)c1.[Li+]. The summed E-state index contributed by atoms with van der Waals surface area (Å²) in [5, 5.41) is 0. The molecule has 1 aromatic rings. The van der Waals surface area contributed by atoms with Gasteiger partial charge in [-0.1, -0.05) is 29.8 Å². The summed E-state index contributed by atoms with van der Waals surface area (Å²) in [7, 11) is -5.44. The zero-order chi connectivity index (χ0) is 11.7. The van der Waals surface area contributed by atoms with Crippen molar-refractivity contribution in [1.29, 1.82) is 0 Å². The Balaban J connectivity index is 0.00000225. The largest absolute Gasteiger partial charge is 1.00 e. The Hall–Kier alpha value is -0.643. The summed E-state index contributed by atoms with van der Waals surface area (Å²) >= 11 is 0. The molecule has 84 valence electrons. The van der Waals surface area contributed by atoms with Gasteiger partial charge < -0.3 is 4.72 Å². The van der Waals surface area contributed by atoms with Crippen LogP contribution in [0.2, 0.25) is 0 Å². The van der Waals surface area contributed by atoms with Crippen LogP contribution in [0.15, 0.2) is 24.3 Å². The quantitative estimate of drug-likeness (QED) is 0.680. The summed E-state index contributed by atoms with van der Waals surface area (Å²) in [6.07, 6.45) is 0. The van der Waals surface area contributed by atoms with Crippen molar-refractivity contribution in [3.63, 3.8) is 0 Å². The minimum absolute atomic E-state index is 0. The second-order valence-corrected chi connectivity index (χ2v) is 4.45. The first-order chi connectivity index (χ1) is 6.72. The van der Waals surface area contributed by atoms with E-state index in [0.29, 0.717) is 5.56 Å². The van der Waals surface area contributed by atoms with Gasteiger partial charge >= 0.3 is 24.4 Å². The third-order valence-electron chi connectivity index (χ3n) is 1.52. The smallest absolute Gasteiger partial charge is 0.569 e. The zero-order valence-electron chi connectivity index (χ0n) is 8.62. The van der Waals surface area contributed by atoms with Crippen molar-refractivity contribution in [3.8, 4) is 0 Å². The fourth-order valence-electron chi connectivity index (χ4n) is 0.875. The molecule has 0 heterocycles. The van der Waals surface area contributed by atoms with Crippen LogP contribution in [0.4, 0.5) is 18.9 Å². The second kappa shape index (κ2) is 5.12. The molecule has 0 N–H and O–H groups in total. The molecule has 0 aliphatic heterocycles. The van der Waals surface area contributed by atoms with Gasteiger partial charge in [0.2, 0.25) is 0 Å². The van der Waals surface area contributed by atoms with E-state index < -0.39 is 15.5 Å². The van der Waals surface area contributed by atoms with E-state index in [1.54, 1.807) is 13.0 Å². The number of sulfonamides is 1. The average Bonchev–Trinajstić information content (AvgIpc) is 2.00. The van der Waals surface area contributed by atoms with Crippen molar-refractivity contribution in [3.05, 3.63) is 34.6 Å². The number of nitrogens with zero attached hydrogens (tertiary/aromatic N) is 1. The molecule has 0 unspecified atom stereocenters. The first-order valence-corrected chi connectivity index (χ1v) is 5.27. The molecule has 0 aliphatic carbocycles. The Morgan fingerprint density at radius 2 is 1.81 bits per heavy atom. The molecule has 0 saturated heterocycles. The fourth-order valence-corrected chi connectivity index (χ4v) is 1.37. The van der Waals surface area contributed by atoms with Crippen LogP contribution in [-0.4, -0.2) is 13.9 Å². The molecule has 1 aromatic carbocycles. The number of hydrogen-bond donors (Lipinski definition) is 0. The van der Waals surface area contributed by atoms with Crippen molar-refractivity contribution < 1.29 is 40.4 Å². The molecule has 1 rings (SSSR count). The summed E-state index contributed by atoms with van der Waals surface area (Å²) in [4.78, 5) is 0. The number of hydrogen-bond acceptors (Lipinski definition) is 2. The van der Waals surface area contributed by atoms with Gasteiger partial charge in [-0.15, -0.1) is 5.69 Å². The van der Waals surface area contributed by atoms with Gasteiger partial charge in [-0.25, -0.2) is 8.42 Å². The topological polar surface area (TPSA) is 48.2 Å². The molecule has 0 spiro atoms. The van der Waals surface area contributed by atoms with E-state index in [4.69, 9.17) is 0 Å². The Labute approximate surface area is 103 Å². The molecule has 8 heteroatoms. The van der Waals surface area contributed by atoms with E-state index in [1.165, 1.54) is 18.2 Å². The van der Waals surface area contributed by atoms with Gasteiger partial charge in [0.1, 0.15) is 0 Å². The maximum Gasteiger partial charge on any atom is 1.00 e. The summed E-state index contributed by atoms with van der Waals surface area (Å²) in [5.74, 6) is 0. The van der Waals surface area contributed by atoms with Crippen LogP contribution >= 0.6 is 0 Å². The average molecular weight is 245 g/mol. The normalized spacial score (nSPS) is 11.8.